The van der Waals surface area contributed by atoms with E-state index in [0.717, 1.165) is 12.8 Å². The van der Waals surface area contributed by atoms with E-state index in [1.165, 1.54) is 0 Å². The summed E-state index contributed by atoms with van der Waals surface area (Å²) in [5.41, 5.74) is 5.63. The summed E-state index contributed by atoms with van der Waals surface area (Å²) in [5.74, 6) is 0.487. The Hall–Kier alpha value is -1.75. The Kier molecular flexibility index (Phi) is 3.72. The smallest absolute Gasteiger partial charge is 0.252 e. The van der Waals surface area contributed by atoms with Gasteiger partial charge in [0.05, 0.1) is 18.8 Å². The van der Waals surface area contributed by atoms with Gasteiger partial charge in [0.15, 0.2) is 0 Å². The van der Waals surface area contributed by atoms with E-state index < -0.39 is 5.91 Å². The van der Waals surface area contributed by atoms with Gasteiger partial charge in [-0.2, -0.15) is 0 Å². The molecule has 1 fully saturated rings. The van der Waals surface area contributed by atoms with Crippen molar-refractivity contribution in [2.45, 2.75) is 31.5 Å². The topological polar surface area (TPSA) is 81.8 Å². The van der Waals surface area contributed by atoms with Crippen LogP contribution >= 0.6 is 0 Å². The Morgan fingerprint density at radius 3 is 2.78 bits per heavy atom. The summed E-state index contributed by atoms with van der Waals surface area (Å²) < 4.78 is 10.8. The number of benzene rings is 1. The van der Waals surface area contributed by atoms with Crippen LogP contribution in [0.25, 0.3) is 0 Å². The van der Waals surface area contributed by atoms with E-state index in [1.54, 1.807) is 25.3 Å². The summed E-state index contributed by atoms with van der Waals surface area (Å²) in [6.45, 7) is 0. The van der Waals surface area contributed by atoms with Crippen LogP contribution in [0.3, 0.4) is 0 Å². The summed E-state index contributed by atoms with van der Waals surface area (Å²) in [5, 5.41) is 9.46. The first-order valence-electron chi connectivity index (χ1n) is 5.92. The molecular weight excluding hydrogens is 234 g/mol. The van der Waals surface area contributed by atoms with Gasteiger partial charge in [0.2, 0.25) is 0 Å². The lowest BCUT2D eigenvalue weighted by Gasteiger charge is -2.16. The molecule has 5 nitrogen and oxygen atoms in total. The summed E-state index contributed by atoms with van der Waals surface area (Å²) in [4.78, 5) is 11.3. The van der Waals surface area contributed by atoms with Crippen LogP contribution in [0, 0.1) is 0 Å². The molecule has 0 spiro atoms. The Morgan fingerprint density at radius 1 is 1.44 bits per heavy atom. The largest absolute Gasteiger partial charge is 0.497 e. The number of aliphatic hydroxyl groups excluding tert-OH is 1. The van der Waals surface area contributed by atoms with E-state index in [1.807, 2.05) is 0 Å². The number of nitrogens with two attached hydrogens (primary N) is 1. The van der Waals surface area contributed by atoms with Crippen molar-refractivity contribution in [3.63, 3.8) is 0 Å². The third-order valence-electron chi connectivity index (χ3n) is 3.10. The Bertz CT molecular complexity index is 447. The second-order valence-corrected chi connectivity index (χ2v) is 4.43. The molecule has 0 aliphatic heterocycles. The molecule has 1 aliphatic rings. The average molecular weight is 251 g/mol. The summed E-state index contributed by atoms with van der Waals surface area (Å²) >= 11 is 0. The van der Waals surface area contributed by atoms with E-state index in [0.29, 0.717) is 23.5 Å². The molecule has 18 heavy (non-hydrogen) atoms. The van der Waals surface area contributed by atoms with Gasteiger partial charge in [-0.3, -0.25) is 4.79 Å². The van der Waals surface area contributed by atoms with Gasteiger partial charge in [0.25, 0.3) is 5.91 Å². The average Bonchev–Trinajstić information content (AvgIpc) is 2.74. The van der Waals surface area contributed by atoms with Crippen LogP contribution in [0.5, 0.6) is 11.5 Å². The zero-order valence-corrected chi connectivity index (χ0v) is 10.3. The van der Waals surface area contributed by atoms with E-state index >= 15 is 0 Å². The highest BCUT2D eigenvalue weighted by Crippen LogP contribution is 2.29. The maximum atomic E-state index is 11.3. The van der Waals surface area contributed by atoms with E-state index in [4.69, 9.17) is 15.2 Å². The fourth-order valence-electron chi connectivity index (χ4n) is 2.13. The van der Waals surface area contributed by atoms with Crippen LogP contribution in [0.15, 0.2) is 18.2 Å². The van der Waals surface area contributed by atoms with E-state index in [2.05, 4.69) is 0 Å². The predicted molar refractivity (Wildman–Crippen MR) is 65.8 cm³/mol. The minimum atomic E-state index is -0.536. The van der Waals surface area contributed by atoms with Crippen molar-refractivity contribution in [3.05, 3.63) is 23.8 Å². The second-order valence-electron chi connectivity index (χ2n) is 4.43. The monoisotopic (exact) mass is 251 g/mol. The fraction of sp³-hybridized carbons (Fsp3) is 0.462. The van der Waals surface area contributed by atoms with E-state index in [-0.39, 0.29) is 12.2 Å². The molecule has 1 aliphatic carbocycles. The molecule has 98 valence electrons. The van der Waals surface area contributed by atoms with Crippen LogP contribution in [0.4, 0.5) is 0 Å². The second kappa shape index (κ2) is 5.27. The third kappa shape index (κ3) is 2.73. The lowest BCUT2D eigenvalue weighted by atomic mass is 10.1. The minimum absolute atomic E-state index is 0.0785. The van der Waals surface area contributed by atoms with Crippen molar-refractivity contribution in [1.82, 2.24) is 0 Å². The van der Waals surface area contributed by atoms with Crippen molar-refractivity contribution >= 4 is 5.91 Å². The van der Waals surface area contributed by atoms with Gasteiger partial charge >= 0.3 is 0 Å². The summed E-state index contributed by atoms with van der Waals surface area (Å²) in [6, 6.07) is 4.89. The van der Waals surface area contributed by atoms with Crippen molar-refractivity contribution in [3.8, 4) is 11.5 Å². The van der Waals surface area contributed by atoms with Gasteiger partial charge in [-0.15, -0.1) is 0 Å². The number of hydrogen-bond acceptors (Lipinski definition) is 4. The molecule has 3 N–H and O–H groups in total. The molecule has 1 aromatic rings. The normalized spacial score (nSPS) is 22.8. The predicted octanol–water partition coefficient (Wildman–Crippen LogP) is 1.09. The number of carbonyl (C=O) groups excluding carboxylic acids is 1. The van der Waals surface area contributed by atoms with Crippen molar-refractivity contribution in [1.29, 1.82) is 0 Å². The molecule has 2 rings (SSSR count). The first kappa shape index (κ1) is 12.7. The highest BCUT2D eigenvalue weighted by atomic mass is 16.5. The zero-order chi connectivity index (χ0) is 13.1. The first-order valence-corrected chi connectivity index (χ1v) is 5.92. The lowest BCUT2D eigenvalue weighted by molar-refractivity contribution is 0.0991. The van der Waals surface area contributed by atoms with Gasteiger partial charge in [0.1, 0.15) is 17.6 Å². The number of rotatable bonds is 4. The van der Waals surface area contributed by atoms with Crippen molar-refractivity contribution in [2.75, 3.05) is 7.11 Å². The number of primary amides is 1. The van der Waals surface area contributed by atoms with Crippen LogP contribution in [0.1, 0.15) is 29.6 Å². The molecule has 0 unspecified atom stereocenters. The number of ether oxygens (including phenoxy) is 2. The molecular formula is C13H17NO4. The Balaban J connectivity index is 2.21. The zero-order valence-electron chi connectivity index (χ0n) is 10.3. The molecule has 2 atom stereocenters. The van der Waals surface area contributed by atoms with Gasteiger partial charge in [-0.1, -0.05) is 0 Å². The number of hydrogen-bond donors (Lipinski definition) is 2. The fourth-order valence-corrected chi connectivity index (χ4v) is 2.13. The molecule has 1 amide bonds. The van der Waals surface area contributed by atoms with Crippen LogP contribution in [-0.2, 0) is 0 Å². The number of carbonyl (C=O) groups is 1. The molecule has 0 heterocycles. The summed E-state index contributed by atoms with van der Waals surface area (Å²) in [7, 11) is 1.54. The quantitative estimate of drug-likeness (QED) is 0.839. The number of aliphatic hydroxyl groups is 1. The molecule has 0 saturated heterocycles. The third-order valence-corrected chi connectivity index (χ3v) is 3.10. The summed E-state index contributed by atoms with van der Waals surface area (Å²) in [6.07, 6.45) is 1.68. The molecule has 1 saturated carbocycles. The maximum Gasteiger partial charge on any atom is 0.252 e. The molecule has 0 bridgehead atoms. The highest BCUT2D eigenvalue weighted by molar-refractivity contribution is 5.95. The van der Waals surface area contributed by atoms with Gasteiger partial charge < -0.3 is 20.3 Å². The van der Waals surface area contributed by atoms with Gasteiger partial charge in [-0.25, -0.2) is 0 Å². The van der Waals surface area contributed by atoms with Crippen LogP contribution in [-0.4, -0.2) is 30.3 Å². The van der Waals surface area contributed by atoms with Crippen LogP contribution < -0.4 is 15.2 Å². The van der Waals surface area contributed by atoms with E-state index in [9.17, 15) is 9.90 Å². The number of amides is 1. The SMILES string of the molecule is COc1ccc(C(N)=O)c(O[C@H]2CC[C@H](O)C2)c1. The Morgan fingerprint density at radius 2 is 2.22 bits per heavy atom. The highest BCUT2D eigenvalue weighted by Gasteiger charge is 2.25. The number of methoxy groups -OCH3 is 1. The van der Waals surface area contributed by atoms with Crippen molar-refractivity contribution < 1.29 is 19.4 Å². The van der Waals surface area contributed by atoms with Crippen molar-refractivity contribution in [2.24, 2.45) is 5.73 Å². The Labute approximate surface area is 106 Å². The van der Waals surface area contributed by atoms with Crippen LogP contribution in [0.2, 0.25) is 0 Å². The lowest BCUT2D eigenvalue weighted by Crippen LogP contribution is -2.18. The molecule has 1 aromatic carbocycles. The standard InChI is InChI=1S/C13H17NO4/c1-17-9-4-5-11(13(14)16)12(7-9)18-10-3-2-8(15)6-10/h4-5,7-8,10,15H,2-3,6H2,1H3,(H2,14,16)/t8-,10-/m0/s1. The molecule has 5 heteroatoms. The minimum Gasteiger partial charge on any atom is -0.497 e. The molecule has 0 aromatic heterocycles. The van der Waals surface area contributed by atoms with Gasteiger partial charge in [0, 0.05) is 12.5 Å². The van der Waals surface area contributed by atoms with Gasteiger partial charge in [-0.05, 0) is 25.0 Å². The first-order chi connectivity index (χ1) is 8.60. The maximum absolute atomic E-state index is 11.3. The molecule has 0 radical (unpaired) electrons.